The van der Waals surface area contributed by atoms with E-state index in [-0.39, 0.29) is 0 Å². The molecule has 1 N–H and O–H groups in total. The Balaban J connectivity index is 0.0000001000. The van der Waals surface area contributed by atoms with Crippen molar-refractivity contribution in [3.63, 3.8) is 0 Å². The molecule has 0 amide bonds. The van der Waals surface area contributed by atoms with Gasteiger partial charge in [-0.1, -0.05) is 0 Å². The molecule has 0 atom stereocenters. The summed E-state index contributed by atoms with van der Waals surface area (Å²) in [6, 6.07) is 1.71. The van der Waals surface area contributed by atoms with Crippen LogP contribution in [0.25, 0.3) is 0 Å². The molecule has 10 heavy (non-hydrogen) atoms. The summed E-state index contributed by atoms with van der Waals surface area (Å²) in [5.41, 5.74) is 0. The number of oxazole rings is 1. The van der Waals surface area contributed by atoms with E-state index >= 15 is 0 Å². The number of rotatable bonds is 0. The molecule has 0 aliphatic rings. The van der Waals surface area contributed by atoms with Gasteiger partial charge in [0, 0.05) is 6.20 Å². The van der Waals surface area contributed by atoms with Crippen LogP contribution in [-0.2, 0) is 0 Å². The van der Waals surface area contributed by atoms with Gasteiger partial charge in [0.05, 0.1) is 6.20 Å². The second-order valence-electron chi connectivity index (χ2n) is 1.33. The maximum atomic E-state index is 4.35. The van der Waals surface area contributed by atoms with Gasteiger partial charge in [0.2, 0.25) is 0 Å². The number of aromatic nitrogens is 3. The Labute approximate surface area is 57.9 Å². The van der Waals surface area contributed by atoms with Crippen molar-refractivity contribution in [1.29, 1.82) is 0 Å². The van der Waals surface area contributed by atoms with Gasteiger partial charge in [0.15, 0.2) is 0 Å². The normalized spacial score (nSPS) is 8.00. The summed E-state index contributed by atoms with van der Waals surface area (Å²) in [4.78, 5) is 3.43. The molecule has 0 spiro atoms. The van der Waals surface area contributed by atoms with Gasteiger partial charge in [0.25, 0.3) is 6.39 Å². The minimum atomic E-state index is 1.46. The zero-order valence-corrected chi connectivity index (χ0v) is 5.11. The molecule has 0 aliphatic carbocycles. The second-order valence-corrected chi connectivity index (χ2v) is 1.33. The minimum absolute atomic E-state index is 1.46. The summed E-state index contributed by atoms with van der Waals surface area (Å²) in [6.45, 7) is 0. The Kier molecular flexibility index (Phi) is 2.82. The number of aromatic amines is 1. The standard InChI is InChI=1S/C3H3N2.C3H2NO/c1-2-4-5-3-1;1-2-5-3-4-1/h1-2H,(H,4,5);1-2H. The first-order valence-electron chi connectivity index (χ1n) is 2.61. The number of nitrogens with one attached hydrogen (secondary N) is 1. The molecule has 2 radical (unpaired) electrons. The monoisotopic (exact) mass is 135 g/mol. The summed E-state index contributed by atoms with van der Waals surface area (Å²) in [5.74, 6) is 0. The highest BCUT2D eigenvalue weighted by molar-refractivity contribution is 4.69. The Bertz CT molecular complexity index is 152. The van der Waals surface area contributed by atoms with Gasteiger partial charge < -0.3 is 4.42 Å². The van der Waals surface area contributed by atoms with Crippen LogP contribution in [0, 0.1) is 12.6 Å². The zero-order valence-electron chi connectivity index (χ0n) is 5.11. The molecule has 0 unspecified atom stereocenters. The van der Waals surface area contributed by atoms with Crippen LogP contribution in [0.3, 0.4) is 0 Å². The Hall–Kier alpha value is -1.58. The molecule has 0 fully saturated rings. The quantitative estimate of drug-likeness (QED) is 0.578. The Morgan fingerprint density at radius 3 is 2.70 bits per heavy atom. The third-order valence-corrected chi connectivity index (χ3v) is 0.670. The van der Waals surface area contributed by atoms with Crippen LogP contribution in [0.1, 0.15) is 0 Å². The van der Waals surface area contributed by atoms with Gasteiger partial charge in [-0.15, -0.1) is 0 Å². The predicted octanol–water partition coefficient (Wildman–Crippen LogP) is 0.685. The highest BCUT2D eigenvalue weighted by Crippen LogP contribution is 1.70. The molecule has 4 heteroatoms. The fourth-order valence-electron chi connectivity index (χ4n) is 0.338. The molecule has 0 saturated carbocycles. The van der Waals surface area contributed by atoms with Gasteiger partial charge in [-0.3, -0.25) is 5.10 Å². The van der Waals surface area contributed by atoms with E-state index in [0.717, 1.165) is 0 Å². The summed E-state index contributed by atoms with van der Waals surface area (Å²) in [5, 5.41) is 6.03. The Morgan fingerprint density at radius 2 is 2.50 bits per heavy atom. The number of hydrogen-bond donors (Lipinski definition) is 1. The van der Waals surface area contributed by atoms with Crippen LogP contribution in [0.15, 0.2) is 29.1 Å². The average molecular weight is 135 g/mol. The maximum absolute atomic E-state index is 4.35. The van der Waals surface area contributed by atoms with E-state index in [1.807, 2.05) is 0 Å². The lowest BCUT2D eigenvalue weighted by Gasteiger charge is -1.48. The third-order valence-electron chi connectivity index (χ3n) is 0.670. The van der Waals surface area contributed by atoms with Crippen LogP contribution in [0.4, 0.5) is 0 Å². The summed E-state index contributed by atoms with van der Waals surface area (Å²) in [6.07, 6.45) is 9.49. The SMILES string of the molecule is [c]1cc[nH]n1.[c]1ncco1. The van der Waals surface area contributed by atoms with E-state index in [1.165, 1.54) is 12.5 Å². The number of nitrogens with zero attached hydrogens (tertiary/aromatic N) is 2. The lowest BCUT2D eigenvalue weighted by molar-refractivity contribution is 0.548. The largest absolute Gasteiger partial charge is 0.441 e. The molecular formula is C6H5N3O. The summed E-state index contributed by atoms with van der Waals surface area (Å²) in [7, 11) is 0. The summed E-state index contributed by atoms with van der Waals surface area (Å²) >= 11 is 0. The molecular weight excluding hydrogens is 130 g/mol. The third kappa shape index (κ3) is 2.66. The van der Waals surface area contributed by atoms with Crippen molar-refractivity contribution in [3.05, 3.63) is 37.3 Å². The first-order chi connectivity index (χ1) is 5.00. The van der Waals surface area contributed by atoms with E-state index in [2.05, 4.69) is 32.2 Å². The van der Waals surface area contributed by atoms with Crippen molar-refractivity contribution in [2.75, 3.05) is 0 Å². The molecule has 2 aromatic heterocycles. The van der Waals surface area contributed by atoms with Crippen LogP contribution < -0.4 is 0 Å². The highest BCUT2D eigenvalue weighted by atomic mass is 16.3. The van der Waals surface area contributed by atoms with Gasteiger partial charge in [-0.2, -0.15) is 5.10 Å². The summed E-state index contributed by atoms with van der Waals surface area (Å²) < 4.78 is 4.35. The lowest BCUT2D eigenvalue weighted by Crippen LogP contribution is -1.54. The van der Waals surface area contributed by atoms with E-state index in [9.17, 15) is 0 Å². The highest BCUT2D eigenvalue weighted by Gasteiger charge is 1.62. The van der Waals surface area contributed by atoms with Crippen molar-refractivity contribution in [3.8, 4) is 0 Å². The van der Waals surface area contributed by atoms with E-state index in [1.54, 1.807) is 12.3 Å². The van der Waals surface area contributed by atoms with Crippen LogP contribution >= 0.6 is 0 Å². The zero-order chi connectivity index (χ0) is 7.07. The van der Waals surface area contributed by atoms with Crippen molar-refractivity contribution in [2.24, 2.45) is 0 Å². The fraction of sp³-hybridized carbons (Fsp3) is 0. The first-order valence-corrected chi connectivity index (χ1v) is 2.61. The van der Waals surface area contributed by atoms with E-state index in [0.29, 0.717) is 0 Å². The second kappa shape index (κ2) is 4.31. The minimum Gasteiger partial charge on any atom is -0.441 e. The smallest absolute Gasteiger partial charge is 0.283 e. The van der Waals surface area contributed by atoms with Crippen molar-refractivity contribution < 1.29 is 4.42 Å². The fourth-order valence-corrected chi connectivity index (χ4v) is 0.338. The maximum Gasteiger partial charge on any atom is 0.283 e. The Morgan fingerprint density at radius 1 is 1.50 bits per heavy atom. The predicted molar refractivity (Wildman–Crippen MR) is 32.8 cm³/mol. The molecule has 2 aromatic rings. The van der Waals surface area contributed by atoms with E-state index in [4.69, 9.17) is 0 Å². The molecule has 50 valence electrons. The molecule has 0 aliphatic heterocycles. The van der Waals surface area contributed by atoms with E-state index < -0.39 is 0 Å². The topological polar surface area (TPSA) is 54.7 Å². The van der Waals surface area contributed by atoms with Gasteiger partial charge in [-0.05, 0) is 6.07 Å². The van der Waals surface area contributed by atoms with Gasteiger partial charge in [0.1, 0.15) is 12.5 Å². The van der Waals surface area contributed by atoms with Crippen LogP contribution in [0.2, 0.25) is 0 Å². The molecule has 0 bridgehead atoms. The lowest BCUT2D eigenvalue weighted by atomic mass is 10.8. The molecule has 2 rings (SSSR count). The van der Waals surface area contributed by atoms with Crippen LogP contribution in [-0.4, -0.2) is 15.2 Å². The first kappa shape index (κ1) is 6.54. The molecule has 0 aromatic carbocycles. The average Bonchev–Trinajstić information content (AvgIpc) is 2.67. The van der Waals surface area contributed by atoms with Crippen LogP contribution in [0.5, 0.6) is 0 Å². The molecule has 0 saturated heterocycles. The van der Waals surface area contributed by atoms with Gasteiger partial charge >= 0.3 is 0 Å². The molecule has 2 heterocycles. The van der Waals surface area contributed by atoms with Gasteiger partial charge in [-0.25, -0.2) is 4.98 Å². The number of hydrogen-bond acceptors (Lipinski definition) is 3. The van der Waals surface area contributed by atoms with Crippen molar-refractivity contribution in [2.45, 2.75) is 0 Å². The van der Waals surface area contributed by atoms with Crippen molar-refractivity contribution in [1.82, 2.24) is 15.2 Å². The van der Waals surface area contributed by atoms with Crippen molar-refractivity contribution >= 4 is 0 Å². The molecule has 4 nitrogen and oxygen atoms in total. The number of H-pyrrole nitrogens is 1.